The highest BCUT2D eigenvalue weighted by atomic mass is 32.2. The summed E-state index contributed by atoms with van der Waals surface area (Å²) in [6.45, 7) is 3.89. The number of thiophene rings is 1. The zero-order chi connectivity index (χ0) is 15.2. The minimum absolute atomic E-state index is 0.175. The summed E-state index contributed by atoms with van der Waals surface area (Å²) < 4.78 is 0. The van der Waals surface area contributed by atoms with Gasteiger partial charge in [0.2, 0.25) is 5.91 Å². The molecule has 3 amide bonds. The van der Waals surface area contributed by atoms with Crippen LogP contribution in [-0.4, -0.2) is 35.0 Å². The van der Waals surface area contributed by atoms with E-state index < -0.39 is 0 Å². The van der Waals surface area contributed by atoms with Gasteiger partial charge in [0.15, 0.2) is 0 Å². The normalized spacial score (nSPS) is 16.6. The van der Waals surface area contributed by atoms with Gasteiger partial charge in [0.25, 0.3) is 11.1 Å². The zero-order valence-corrected chi connectivity index (χ0v) is 12.8. The molecule has 1 aromatic heterocycles. The van der Waals surface area contributed by atoms with Crippen LogP contribution in [0.15, 0.2) is 35.1 Å². The van der Waals surface area contributed by atoms with Crippen molar-refractivity contribution in [1.29, 1.82) is 0 Å². The maximum absolute atomic E-state index is 12.1. The van der Waals surface area contributed by atoms with Crippen LogP contribution in [-0.2, 0) is 9.59 Å². The molecule has 5 nitrogen and oxygen atoms in total. The van der Waals surface area contributed by atoms with Gasteiger partial charge in [-0.15, -0.1) is 17.9 Å². The van der Waals surface area contributed by atoms with Crippen LogP contribution in [0.2, 0.25) is 0 Å². The number of imide groups is 1. The second-order valence-electron chi connectivity index (χ2n) is 4.19. The second-order valence-corrected chi connectivity index (χ2v) is 6.16. The van der Waals surface area contributed by atoms with Crippen LogP contribution >= 0.6 is 23.1 Å². The first-order valence-electron chi connectivity index (χ1n) is 6.28. The van der Waals surface area contributed by atoms with Crippen LogP contribution in [0.4, 0.5) is 4.79 Å². The summed E-state index contributed by atoms with van der Waals surface area (Å²) >= 11 is 2.43. The maximum Gasteiger partial charge on any atom is 0.293 e. The molecule has 2 heterocycles. The van der Waals surface area contributed by atoms with Crippen molar-refractivity contribution < 1.29 is 14.4 Å². The molecule has 0 saturated carbocycles. The molecule has 1 N–H and O–H groups in total. The minimum atomic E-state index is -0.309. The van der Waals surface area contributed by atoms with Crippen LogP contribution < -0.4 is 5.32 Å². The number of amides is 3. The molecular weight excluding hydrogens is 308 g/mol. The fraction of sp³-hybridized carbons (Fsp3) is 0.214. The van der Waals surface area contributed by atoms with Gasteiger partial charge >= 0.3 is 0 Å². The number of hydrogen-bond donors (Lipinski definition) is 1. The van der Waals surface area contributed by atoms with Crippen molar-refractivity contribution in [2.75, 3.05) is 13.1 Å². The molecule has 1 aliphatic heterocycles. The Morgan fingerprint density at radius 1 is 1.43 bits per heavy atom. The maximum atomic E-state index is 12.1. The summed E-state index contributed by atoms with van der Waals surface area (Å²) in [5, 5.41) is 4.23. The first-order valence-corrected chi connectivity index (χ1v) is 7.98. The highest BCUT2D eigenvalue weighted by Gasteiger charge is 2.34. The molecule has 0 radical (unpaired) electrons. The number of nitrogens with zero attached hydrogens (tertiary/aromatic N) is 1. The van der Waals surface area contributed by atoms with Gasteiger partial charge in [-0.2, -0.15) is 0 Å². The molecule has 7 heteroatoms. The van der Waals surface area contributed by atoms with Crippen LogP contribution in [0.25, 0.3) is 6.08 Å². The van der Waals surface area contributed by atoms with E-state index in [1.807, 2.05) is 17.5 Å². The SMILES string of the molecule is C=CCC(=O)NCCN1C(=O)S/C(=C\c2cccs2)C1=O. The van der Waals surface area contributed by atoms with Crippen molar-refractivity contribution in [1.82, 2.24) is 10.2 Å². The van der Waals surface area contributed by atoms with Crippen molar-refractivity contribution in [3.8, 4) is 0 Å². The summed E-state index contributed by atoms with van der Waals surface area (Å²) in [5.41, 5.74) is 0. The van der Waals surface area contributed by atoms with Crippen LogP contribution in [0, 0.1) is 0 Å². The molecule has 1 fully saturated rings. The molecule has 0 atom stereocenters. The van der Waals surface area contributed by atoms with E-state index in [1.54, 1.807) is 6.08 Å². The number of rotatable bonds is 6. The second kappa shape index (κ2) is 7.24. The third kappa shape index (κ3) is 4.05. The lowest BCUT2D eigenvalue weighted by Crippen LogP contribution is -2.37. The Morgan fingerprint density at radius 2 is 2.24 bits per heavy atom. The van der Waals surface area contributed by atoms with E-state index in [1.165, 1.54) is 17.4 Å². The predicted molar refractivity (Wildman–Crippen MR) is 84.8 cm³/mol. The standard InChI is InChI=1S/C14H14N2O3S2/c1-2-4-12(17)15-6-7-16-13(18)11(21-14(16)19)9-10-5-3-8-20-10/h2-3,5,8-9H,1,4,6-7H2,(H,15,17)/b11-9-. The van der Waals surface area contributed by atoms with Gasteiger partial charge in [0, 0.05) is 24.4 Å². The van der Waals surface area contributed by atoms with Gasteiger partial charge < -0.3 is 5.32 Å². The quantitative estimate of drug-likeness (QED) is 0.645. The summed E-state index contributed by atoms with van der Waals surface area (Å²) in [7, 11) is 0. The van der Waals surface area contributed by atoms with Crippen molar-refractivity contribution in [2.45, 2.75) is 6.42 Å². The number of nitrogens with one attached hydrogen (secondary N) is 1. The Balaban J connectivity index is 1.93. The Morgan fingerprint density at radius 3 is 2.90 bits per heavy atom. The fourth-order valence-corrected chi connectivity index (χ4v) is 3.29. The third-order valence-electron chi connectivity index (χ3n) is 2.68. The molecule has 1 aromatic rings. The van der Waals surface area contributed by atoms with E-state index in [0.29, 0.717) is 4.91 Å². The highest BCUT2D eigenvalue weighted by Crippen LogP contribution is 2.32. The predicted octanol–water partition coefficient (Wildman–Crippen LogP) is 2.48. The molecule has 110 valence electrons. The van der Waals surface area contributed by atoms with Crippen molar-refractivity contribution >= 4 is 46.2 Å². The van der Waals surface area contributed by atoms with Gasteiger partial charge in [-0.25, -0.2) is 0 Å². The van der Waals surface area contributed by atoms with Crippen molar-refractivity contribution in [3.63, 3.8) is 0 Å². The highest BCUT2D eigenvalue weighted by molar-refractivity contribution is 8.18. The lowest BCUT2D eigenvalue weighted by Gasteiger charge is -2.12. The summed E-state index contributed by atoms with van der Waals surface area (Å²) in [5.74, 6) is -0.484. The van der Waals surface area contributed by atoms with E-state index >= 15 is 0 Å². The van der Waals surface area contributed by atoms with E-state index in [4.69, 9.17) is 0 Å². The van der Waals surface area contributed by atoms with Gasteiger partial charge in [-0.1, -0.05) is 12.1 Å². The van der Waals surface area contributed by atoms with E-state index in [-0.39, 0.29) is 36.6 Å². The molecule has 0 aromatic carbocycles. The largest absolute Gasteiger partial charge is 0.354 e. The van der Waals surface area contributed by atoms with Crippen LogP contribution in [0.3, 0.4) is 0 Å². The summed E-state index contributed by atoms with van der Waals surface area (Å²) in [6.07, 6.45) is 3.44. The summed E-state index contributed by atoms with van der Waals surface area (Å²) in [6, 6.07) is 3.77. The van der Waals surface area contributed by atoms with Crippen molar-refractivity contribution in [2.24, 2.45) is 0 Å². The summed E-state index contributed by atoms with van der Waals surface area (Å²) in [4.78, 5) is 37.7. The monoisotopic (exact) mass is 322 g/mol. The van der Waals surface area contributed by atoms with Gasteiger partial charge in [-0.3, -0.25) is 19.3 Å². The van der Waals surface area contributed by atoms with Crippen LogP contribution in [0.5, 0.6) is 0 Å². The lowest BCUT2D eigenvalue weighted by atomic mass is 10.3. The Hall–Kier alpha value is -1.86. The Labute approximate surface area is 130 Å². The molecule has 0 aliphatic carbocycles. The first-order chi connectivity index (χ1) is 10.1. The molecule has 2 rings (SSSR count). The molecular formula is C14H14N2O3S2. The number of thioether (sulfide) groups is 1. The van der Waals surface area contributed by atoms with Crippen molar-refractivity contribution in [3.05, 3.63) is 40.0 Å². The molecule has 0 spiro atoms. The van der Waals surface area contributed by atoms with E-state index in [2.05, 4.69) is 11.9 Å². The molecule has 0 unspecified atom stereocenters. The molecule has 1 saturated heterocycles. The minimum Gasteiger partial charge on any atom is -0.354 e. The smallest absolute Gasteiger partial charge is 0.293 e. The average Bonchev–Trinajstić information content (AvgIpc) is 3.03. The van der Waals surface area contributed by atoms with Gasteiger partial charge in [0.1, 0.15) is 0 Å². The zero-order valence-electron chi connectivity index (χ0n) is 11.2. The van der Waals surface area contributed by atoms with E-state index in [9.17, 15) is 14.4 Å². The Kier molecular flexibility index (Phi) is 5.35. The number of hydrogen-bond acceptors (Lipinski definition) is 5. The fourth-order valence-electron chi connectivity index (χ4n) is 1.71. The molecule has 0 bridgehead atoms. The number of carbonyl (C=O) groups excluding carboxylic acids is 3. The topological polar surface area (TPSA) is 66.5 Å². The third-order valence-corrected chi connectivity index (χ3v) is 4.40. The van der Waals surface area contributed by atoms with Gasteiger partial charge in [-0.05, 0) is 29.3 Å². The lowest BCUT2D eigenvalue weighted by molar-refractivity contribution is -0.124. The molecule has 21 heavy (non-hydrogen) atoms. The first kappa shape index (κ1) is 15.5. The van der Waals surface area contributed by atoms with Gasteiger partial charge in [0.05, 0.1) is 4.91 Å². The van der Waals surface area contributed by atoms with Crippen LogP contribution in [0.1, 0.15) is 11.3 Å². The average molecular weight is 322 g/mol. The molecule has 1 aliphatic rings. The van der Waals surface area contributed by atoms with E-state index in [0.717, 1.165) is 21.5 Å². The Bertz CT molecular complexity index is 593. The number of carbonyl (C=O) groups is 3.